The maximum Gasteiger partial charge on any atom is 0.171 e. The number of thiazole rings is 1. The van der Waals surface area contributed by atoms with Crippen molar-refractivity contribution in [2.45, 2.75) is 45.6 Å². The molecule has 0 N–H and O–H groups in total. The Morgan fingerprint density at radius 3 is 3.00 bits per heavy atom. The van der Waals surface area contributed by atoms with Crippen LogP contribution in [0.1, 0.15) is 41.7 Å². The SMILES string of the molecule is CCc1csc(C[C@H]2CON=C3/C(=C/c4ccc(-n5cnc(C)c5)c(OC)c4)CCCN32)n1. The van der Waals surface area contributed by atoms with Gasteiger partial charge in [-0.25, -0.2) is 9.97 Å². The van der Waals surface area contributed by atoms with Crippen molar-refractivity contribution in [1.29, 1.82) is 0 Å². The Labute approximate surface area is 198 Å². The monoisotopic (exact) mass is 463 g/mol. The first-order valence-electron chi connectivity index (χ1n) is 11.4. The lowest BCUT2D eigenvalue weighted by Crippen LogP contribution is -2.50. The van der Waals surface area contributed by atoms with Gasteiger partial charge in [-0.3, -0.25) is 0 Å². The van der Waals surface area contributed by atoms with Gasteiger partial charge in [-0.1, -0.05) is 18.1 Å². The molecular formula is C25H29N5O2S. The standard InChI is InChI=1S/C25H29N5O2S/c1-4-20-15-33-24(27-20)12-21-14-32-28-25-19(6-5-9-30(21)25)10-18-7-8-22(23(11-18)31-3)29-13-17(2)26-16-29/h7-8,10-11,13,15-16,21H,4-6,9,12,14H2,1-3H3/b19-10+/t21-/m0/s1. The van der Waals surface area contributed by atoms with Crippen LogP contribution in [0, 0.1) is 6.92 Å². The quantitative estimate of drug-likeness (QED) is 0.533. The van der Waals surface area contributed by atoms with Crippen molar-refractivity contribution in [2.24, 2.45) is 5.16 Å². The zero-order valence-electron chi connectivity index (χ0n) is 19.3. The minimum atomic E-state index is 0.262. The number of rotatable bonds is 6. The molecule has 0 amide bonds. The van der Waals surface area contributed by atoms with Gasteiger partial charge in [0.2, 0.25) is 0 Å². The predicted octanol–water partition coefficient (Wildman–Crippen LogP) is 4.64. The molecule has 0 unspecified atom stereocenters. The first-order chi connectivity index (χ1) is 16.1. The van der Waals surface area contributed by atoms with Gasteiger partial charge in [-0.2, -0.15) is 0 Å². The average molecular weight is 464 g/mol. The second kappa shape index (κ2) is 9.39. The molecule has 8 heteroatoms. The van der Waals surface area contributed by atoms with E-state index in [9.17, 15) is 0 Å². The lowest BCUT2D eigenvalue weighted by molar-refractivity contribution is 0.0579. The molecule has 1 aromatic carbocycles. The summed E-state index contributed by atoms with van der Waals surface area (Å²) in [5.41, 5.74) is 5.40. The van der Waals surface area contributed by atoms with Crippen molar-refractivity contribution in [2.75, 3.05) is 20.3 Å². The summed E-state index contributed by atoms with van der Waals surface area (Å²) in [6.45, 7) is 5.73. The number of nitrogens with zero attached hydrogens (tertiary/aromatic N) is 5. The van der Waals surface area contributed by atoms with Gasteiger partial charge in [-0.15, -0.1) is 11.3 Å². The molecule has 3 aromatic rings. The van der Waals surface area contributed by atoms with Crippen LogP contribution in [0.5, 0.6) is 5.75 Å². The number of hydrogen-bond acceptors (Lipinski definition) is 7. The Bertz CT molecular complexity index is 1200. The Morgan fingerprint density at radius 1 is 1.33 bits per heavy atom. The largest absolute Gasteiger partial charge is 0.495 e. The van der Waals surface area contributed by atoms with Crippen molar-refractivity contribution < 1.29 is 9.57 Å². The summed E-state index contributed by atoms with van der Waals surface area (Å²) in [4.78, 5) is 17.2. The number of methoxy groups -OCH3 is 1. The highest BCUT2D eigenvalue weighted by Gasteiger charge is 2.32. The third kappa shape index (κ3) is 4.53. The average Bonchev–Trinajstić information content (AvgIpc) is 3.48. The third-order valence-electron chi connectivity index (χ3n) is 6.17. The summed E-state index contributed by atoms with van der Waals surface area (Å²) >= 11 is 1.75. The van der Waals surface area contributed by atoms with Crippen LogP contribution in [0.15, 0.2) is 46.8 Å². The van der Waals surface area contributed by atoms with Crippen molar-refractivity contribution >= 4 is 23.2 Å². The molecule has 7 nitrogen and oxygen atoms in total. The Hall–Kier alpha value is -3.13. The smallest absolute Gasteiger partial charge is 0.171 e. The van der Waals surface area contributed by atoms with Crippen LogP contribution in [0.3, 0.4) is 0 Å². The molecular weight excluding hydrogens is 434 g/mol. The Balaban J connectivity index is 1.39. The number of benzene rings is 1. The molecule has 0 spiro atoms. The van der Waals surface area contributed by atoms with Crippen molar-refractivity contribution in [3.63, 3.8) is 0 Å². The molecule has 1 fully saturated rings. The number of aromatic nitrogens is 3. The maximum atomic E-state index is 5.70. The fraction of sp³-hybridized carbons (Fsp3) is 0.400. The number of oxime groups is 1. The molecule has 2 aliphatic rings. The summed E-state index contributed by atoms with van der Waals surface area (Å²) in [5, 5.41) is 7.80. The van der Waals surface area contributed by atoms with Gasteiger partial charge >= 0.3 is 0 Å². The molecule has 0 aliphatic carbocycles. The zero-order valence-corrected chi connectivity index (χ0v) is 20.1. The first-order valence-corrected chi connectivity index (χ1v) is 12.3. The molecule has 1 saturated heterocycles. The first kappa shape index (κ1) is 21.7. The lowest BCUT2D eigenvalue weighted by Gasteiger charge is -2.39. The Kier molecular flexibility index (Phi) is 6.17. The van der Waals surface area contributed by atoms with Gasteiger partial charge in [0, 0.05) is 24.5 Å². The zero-order chi connectivity index (χ0) is 22.8. The van der Waals surface area contributed by atoms with Crippen molar-refractivity contribution in [1.82, 2.24) is 19.4 Å². The van der Waals surface area contributed by atoms with Crippen molar-refractivity contribution in [3.05, 3.63) is 63.6 Å². The summed E-state index contributed by atoms with van der Waals surface area (Å²) in [5.74, 6) is 1.77. The van der Waals surface area contributed by atoms with E-state index in [0.29, 0.717) is 6.61 Å². The number of aryl methyl sites for hydroxylation is 2. The van der Waals surface area contributed by atoms with Gasteiger partial charge in [0.1, 0.15) is 12.4 Å². The molecule has 33 heavy (non-hydrogen) atoms. The molecule has 4 heterocycles. The molecule has 172 valence electrons. The van der Waals surface area contributed by atoms with Crippen LogP contribution >= 0.6 is 11.3 Å². The number of hydrogen-bond donors (Lipinski definition) is 0. The molecule has 0 bridgehead atoms. The van der Waals surface area contributed by atoms with Crippen LogP contribution in [0.2, 0.25) is 0 Å². The summed E-state index contributed by atoms with van der Waals surface area (Å²) < 4.78 is 7.68. The molecule has 2 aromatic heterocycles. The summed E-state index contributed by atoms with van der Waals surface area (Å²) in [7, 11) is 1.70. The number of amidine groups is 1. The number of fused-ring (bicyclic) bond motifs is 1. The van der Waals surface area contributed by atoms with Crippen LogP contribution in [0.4, 0.5) is 0 Å². The second-order valence-electron chi connectivity index (χ2n) is 8.47. The van der Waals surface area contributed by atoms with Crippen LogP contribution in [-0.4, -0.2) is 51.6 Å². The number of piperidine rings is 1. The Morgan fingerprint density at radius 2 is 2.24 bits per heavy atom. The van der Waals surface area contributed by atoms with Gasteiger partial charge in [0.15, 0.2) is 5.84 Å². The fourth-order valence-corrected chi connectivity index (χ4v) is 5.40. The number of ether oxygens (including phenoxy) is 1. The van der Waals surface area contributed by atoms with E-state index < -0.39 is 0 Å². The van der Waals surface area contributed by atoms with Crippen molar-refractivity contribution in [3.8, 4) is 11.4 Å². The topological polar surface area (TPSA) is 64.8 Å². The van der Waals surface area contributed by atoms with E-state index in [1.165, 1.54) is 16.3 Å². The predicted molar refractivity (Wildman–Crippen MR) is 131 cm³/mol. The van der Waals surface area contributed by atoms with E-state index in [0.717, 1.165) is 60.8 Å². The molecule has 2 aliphatic heterocycles. The van der Waals surface area contributed by atoms with Crippen LogP contribution in [-0.2, 0) is 17.7 Å². The van der Waals surface area contributed by atoms with E-state index in [1.54, 1.807) is 18.4 Å². The molecule has 0 radical (unpaired) electrons. The van der Waals surface area contributed by atoms with Crippen LogP contribution < -0.4 is 4.74 Å². The van der Waals surface area contributed by atoms with E-state index in [4.69, 9.17) is 14.6 Å². The lowest BCUT2D eigenvalue weighted by atomic mass is 9.97. The highest BCUT2D eigenvalue weighted by Crippen LogP contribution is 2.30. The van der Waals surface area contributed by atoms with E-state index in [1.807, 2.05) is 24.0 Å². The second-order valence-corrected chi connectivity index (χ2v) is 9.42. The summed E-state index contributed by atoms with van der Waals surface area (Å²) in [6.07, 6.45) is 9.96. The molecule has 5 rings (SSSR count). The van der Waals surface area contributed by atoms with Gasteiger partial charge in [0.25, 0.3) is 0 Å². The van der Waals surface area contributed by atoms with Gasteiger partial charge in [-0.05, 0) is 55.5 Å². The van der Waals surface area contributed by atoms with E-state index >= 15 is 0 Å². The van der Waals surface area contributed by atoms with Gasteiger partial charge in [0.05, 0.1) is 41.6 Å². The maximum absolute atomic E-state index is 5.70. The highest BCUT2D eigenvalue weighted by molar-refractivity contribution is 7.09. The van der Waals surface area contributed by atoms with E-state index in [2.05, 4.69) is 51.6 Å². The third-order valence-corrected chi connectivity index (χ3v) is 7.09. The number of imidazole rings is 1. The highest BCUT2D eigenvalue weighted by atomic mass is 32.1. The molecule has 1 atom stereocenters. The minimum absolute atomic E-state index is 0.262. The normalized spacial score (nSPS) is 19.2. The molecule has 0 saturated carbocycles. The minimum Gasteiger partial charge on any atom is -0.495 e. The van der Waals surface area contributed by atoms with Crippen LogP contribution in [0.25, 0.3) is 11.8 Å². The van der Waals surface area contributed by atoms with E-state index in [-0.39, 0.29) is 6.04 Å². The van der Waals surface area contributed by atoms with Gasteiger partial charge < -0.3 is 19.0 Å². The summed E-state index contributed by atoms with van der Waals surface area (Å²) in [6, 6.07) is 6.52. The fourth-order valence-electron chi connectivity index (χ4n) is 4.45.